The van der Waals surface area contributed by atoms with Crippen molar-refractivity contribution in [1.82, 2.24) is 19.9 Å². The van der Waals surface area contributed by atoms with Gasteiger partial charge in [-0.05, 0) is 61.7 Å². The lowest BCUT2D eigenvalue weighted by atomic mass is 10.0. The van der Waals surface area contributed by atoms with Crippen LogP contribution in [-0.2, 0) is 9.59 Å². The van der Waals surface area contributed by atoms with Crippen LogP contribution in [0.5, 0.6) is 0 Å². The molecule has 4 N–H and O–H groups in total. The lowest BCUT2D eigenvalue weighted by Crippen LogP contribution is -2.33. The smallest absolute Gasteiger partial charge is 0.270 e. The molecule has 2 heterocycles. The minimum absolute atomic E-state index is 0.0283. The Bertz CT molecular complexity index is 1530. The van der Waals surface area contributed by atoms with Gasteiger partial charge in [0.05, 0.1) is 17.9 Å². The quantitative estimate of drug-likeness (QED) is 0.271. The normalized spacial score (nSPS) is 13.7. The van der Waals surface area contributed by atoms with Crippen LogP contribution in [0.25, 0.3) is 16.9 Å². The Morgan fingerprint density at radius 1 is 1.14 bits per heavy atom. The number of fused-ring (bicyclic) bond motifs is 1. The molecule has 1 aliphatic carbocycles. The van der Waals surface area contributed by atoms with E-state index in [0.717, 1.165) is 12.8 Å². The van der Waals surface area contributed by atoms with Gasteiger partial charge in [0, 0.05) is 29.8 Å². The molecule has 1 unspecified atom stereocenters. The lowest BCUT2D eigenvalue weighted by Gasteiger charge is -2.17. The molecule has 0 bridgehead atoms. The van der Waals surface area contributed by atoms with Gasteiger partial charge in [0.25, 0.3) is 5.91 Å². The van der Waals surface area contributed by atoms with Crippen molar-refractivity contribution in [2.45, 2.75) is 25.8 Å². The van der Waals surface area contributed by atoms with Gasteiger partial charge in [-0.3, -0.25) is 15.0 Å². The summed E-state index contributed by atoms with van der Waals surface area (Å²) in [5.74, 6) is -0.488. The van der Waals surface area contributed by atoms with Crippen molar-refractivity contribution in [2.24, 2.45) is 5.92 Å². The highest BCUT2D eigenvalue weighted by molar-refractivity contribution is 6.45. The lowest BCUT2D eigenvalue weighted by molar-refractivity contribution is -0.117. The van der Waals surface area contributed by atoms with Gasteiger partial charge in [0.1, 0.15) is 11.5 Å². The average molecular weight is 500 g/mol. The van der Waals surface area contributed by atoms with E-state index in [1.807, 2.05) is 6.07 Å². The minimum atomic E-state index is -0.584. The molecule has 1 aliphatic rings. The van der Waals surface area contributed by atoms with Gasteiger partial charge in [-0.15, -0.1) is 0 Å². The zero-order valence-corrected chi connectivity index (χ0v) is 20.4. The zero-order chi connectivity index (χ0) is 26.1. The highest BCUT2D eigenvalue weighted by Crippen LogP contribution is 2.30. The SMILES string of the molecule is CNc1ccc(-c2ccc3nc(NC(=O)C4CC4)cn3n2)cc1C(=N)C(=O)NC(C)c1cccc(F)c1. The van der Waals surface area contributed by atoms with E-state index in [1.165, 1.54) is 12.1 Å². The molecule has 0 radical (unpaired) electrons. The highest BCUT2D eigenvalue weighted by atomic mass is 19.1. The summed E-state index contributed by atoms with van der Waals surface area (Å²) < 4.78 is 15.2. The van der Waals surface area contributed by atoms with Gasteiger partial charge in [0.15, 0.2) is 11.5 Å². The molecule has 1 atom stereocenters. The summed E-state index contributed by atoms with van der Waals surface area (Å²) in [6.07, 6.45) is 3.47. The number of imidazole rings is 1. The number of nitrogens with one attached hydrogen (secondary N) is 4. The average Bonchev–Trinajstić information content (AvgIpc) is 3.68. The summed E-state index contributed by atoms with van der Waals surface area (Å²) in [6.45, 7) is 1.74. The Morgan fingerprint density at radius 3 is 2.68 bits per heavy atom. The second kappa shape index (κ2) is 9.81. The maximum atomic E-state index is 13.6. The van der Waals surface area contributed by atoms with Crippen LogP contribution in [-0.4, -0.2) is 39.2 Å². The van der Waals surface area contributed by atoms with E-state index < -0.39 is 17.8 Å². The van der Waals surface area contributed by atoms with Crippen LogP contribution in [0.1, 0.15) is 36.9 Å². The van der Waals surface area contributed by atoms with E-state index in [2.05, 4.69) is 26.0 Å². The monoisotopic (exact) mass is 499 g/mol. The molecule has 9 nitrogen and oxygen atoms in total. The standard InChI is InChI=1S/C27H26FN7O2/c1-15(17-4-3-5-19(28)12-17)31-27(37)25(29)20-13-18(8-9-22(20)30-2)21-10-11-24-32-23(14-35(24)34-21)33-26(36)16-6-7-16/h3-5,8-16,29-30H,6-7H2,1-2H3,(H,31,37)(H,33,36). The number of hydrogen-bond acceptors (Lipinski definition) is 6. The Balaban J connectivity index is 1.38. The second-order valence-electron chi connectivity index (χ2n) is 9.05. The maximum absolute atomic E-state index is 13.6. The molecule has 1 saturated carbocycles. The summed E-state index contributed by atoms with van der Waals surface area (Å²) >= 11 is 0. The van der Waals surface area contributed by atoms with Crippen molar-refractivity contribution in [3.63, 3.8) is 0 Å². The first-order valence-corrected chi connectivity index (χ1v) is 12.0. The first-order chi connectivity index (χ1) is 17.8. The molecule has 2 aromatic heterocycles. The molecule has 188 valence electrons. The molecule has 0 spiro atoms. The Morgan fingerprint density at radius 2 is 1.95 bits per heavy atom. The number of rotatable bonds is 8. The molecule has 2 amide bonds. The zero-order valence-electron chi connectivity index (χ0n) is 20.4. The van der Waals surface area contributed by atoms with Gasteiger partial charge in [-0.2, -0.15) is 5.10 Å². The molecule has 0 aliphatic heterocycles. The van der Waals surface area contributed by atoms with Gasteiger partial charge in [-0.25, -0.2) is 13.9 Å². The van der Waals surface area contributed by atoms with Gasteiger partial charge >= 0.3 is 0 Å². The Labute approximate surface area is 212 Å². The number of anilines is 2. The van der Waals surface area contributed by atoms with Crippen molar-refractivity contribution in [3.05, 3.63) is 77.7 Å². The fourth-order valence-electron chi connectivity index (χ4n) is 4.05. The van der Waals surface area contributed by atoms with E-state index >= 15 is 0 Å². The number of aromatic nitrogens is 3. The van der Waals surface area contributed by atoms with E-state index in [1.54, 1.807) is 61.1 Å². The molecule has 10 heteroatoms. The molecule has 2 aromatic carbocycles. The van der Waals surface area contributed by atoms with Gasteiger partial charge < -0.3 is 16.0 Å². The number of nitrogens with zero attached hydrogens (tertiary/aromatic N) is 3. The van der Waals surface area contributed by atoms with E-state index in [-0.39, 0.29) is 17.5 Å². The number of carbonyl (C=O) groups is 2. The van der Waals surface area contributed by atoms with Crippen LogP contribution in [0.3, 0.4) is 0 Å². The van der Waals surface area contributed by atoms with Crippen LogP contribution >= 0.6 is 0 Å². The van der Waals surface area contributed by atoms with Crippen molar-refractivity contribution in [1.29, 1.82) is 5.41 Å². The largest absolute Gasteiger partial charge is 0.388 e. The number of halogens is 1. The van der Waals surface area contributed by atoms with E-state index in [4.69, 9.17) is 5.41 Å². The van der Waals surface area contributed by atoms with Crippen LogP contribution in [0.15, 0.2) is 60.8 Å². The second-order valence-corrected chi connectivity index (χ2v) is 9.05. The fraction of sp³-hybridized carbons (Fsp3) is 0.222. The number of carbonyl (C=O) groups excluding carboxylic acids is 2. The van der Waals surface area contributed by atoms with Gasteiger partial charge in [-0.1, -0.05) is 18.2 Å². The molecule has 0 saturated heterocycles. The third kappa shape index (κ3) is 5.18. The molecule has 37 heavy (non-hydrogen) atoms. The minimum Gasteiger partial charge on any atom is -0.388 e. The summed E-state index contributed by atoms with van der Waals surface area (Å²) in [6, 6.07) is 14.4. The number of amides is 2. The maximum Gasteiger partial charge on any atom is 0.270 e. The molecule has 5 rings (SSSR count). The predicted molar refractivity (Wildman–Crippen MR) is 139 cm³/mol. The third-order valence-electron chi connectivity index (χ3n) is 6.30. The summed E-state index contributed by atoms with van der Waals surface area (Å²) in [4.78, 5) is 29.4. The number of hydrogen-bond donors (Lipinski definition) is 4. The molecule has 1 fully saturated rings. The van der Waals surface area contributed by atoms with Crippen LogP contribution in [0, 0.1) is 17.1 Å². The Kier molecular flexibility index (Phi) is 6.39. The van der Waals surface area contributed by atoms with Crippen molar-refractivity contribution in [3.8, 4) is 11.3 Å². The summed E-state index contributed by atoms with van der Waals surface area (Å²) in [7, 11) is 1.71. The topological polar surface area (TPSA) is 124 Å². The van der Waals surface area contributed by atoms with E-state index in [0.29, 0.717) is 39.5 Å². The molecule has 4 aromatic rings. The first-order valence-electron chi connectivity index (χ1n) is 12.0. The van der Waals surface area contributed by atoms with Crippen molar-refractivity contribution < 1.29 is 14.0 Å². The molecular weight excluding hydrogens is 473 g/mol. The van der Waals surface area contributed by atoms with Crippen molar-refractivity contribution in [2.75, 3.05) is 17.7 Å². The summed E-state index contributed by atoms with van der Waals surface area (Å²) in [5, 5.41) is 21.8. The third-order valence-corrected chi connectivity index (χ3v) is 6.30. The first kappa shape index (κ1) is 24.1. The van der Waals surface area contributed by atoms with Crippen LogP contribution < -0.4 is 16.0 Å². The highest BCUT2D eigenvalue weighted by Gasteiger charge is 2.30. The van der Waals surface area contributed by atoms with Gasteiger partial charge in [0.2, 0.25) is 5.91 Å². The van der Waals surface area contributed by atoms with Crippen molar-refractivity contribution >= 4 is 34.7 Å². The van der Waals surface area contributed by atoms with Crippen LogP contribution in [0.4, 0.5) is 15.9 Å². The fourth-order valence-corrected chi connectivity index (χ4v) is 4.05. The van der Waals surface area contributed by atoms with E-state index in [9.17, 15) is 14.0 Å². The Hall–Kier alpha value is -4.60. The predicted octanol–water partition coefficient (Wildman–Crippen LogP) is 4.17. The van der Waals surface area contributed by atoms with Crippen LogP contribution in [0.2, 0.25) is 0 Å². The summed E-state index contributed by atoms with van der Waals surface area (Å²) in [5.41, 5.74) is 3.27. The molecular formula is C27H26FN7O2. The number of benzene rings is 2.